The first-order valence-electron chi connectivity index (χ1n) is 12.0. The highest BCUT2D eigenvalue weighted by Crippen LogP contribution is 2.68. The third-order valence-corrected chi connectivity index (χ3v) is 8.72. The molecule has 182 valence electrons. The number of hydrogen-bond acceptors (Lipinski definition) is 6. The molecular formula is C25H37N3O5. The van der Waals surface area contributed by atoms with E-state index < -0.39 is 24.7 Å². The van der Waals surface area contributed by atoms with Gasteiger partial charge in [0.15, 0.2) is 0 Å². The first-order valence-corrected chi connectivity index (χ1v) is 12.0. The van der Waals surface area contributed by atoms with Gasteiger partial charge in [-0.15, -0.1) is 0 Å². The standard InChI is InChI=1S/C25H37N3O5/c1-24(2)19-8-9-25(24,3)22(31)18(19)14-21(30)27-20(15-29)23(32)26-16-4-6-17(7-5-16)28-10-12-33-13-11-28/h4-7,18-20,22,29,31H,8-15H2,1-3H3,(H,26,32)(H,27,30)/t18?,19?,20-,22?,25?/m0/s1. The Labute approximate surface area is 195 Å². The van der Waals surface area contributed by atoms with Crippen molar-refractivity contribution in [2.45, 2.75) is 52.2 Å². The molecule has 8 nitrogen and oxygen atoms in total. The van der Waals surface area contributed by atoms with E-state index in [4.69, 9.17) is 4.74 Å². The van der Waals surface area contributed by atoms with Crippen LogP contribution in [0.25, 0.3) is 0 Å². The van der Waals surface area contributed by atoms with E-state index in [9.17, 15) is 19.8 Å². The smallest absolute Gasteiger partial charge is 0.249 e. The number of carbonyl (C=O) groups is 2. The molecule has 1 aromatic rings. The topological polar surface area (TPSA) is 111 Å². The number of nitrogens with zero attached hydrogens (tertiary/aromatic N) is 1. The predicted molar refractivity (Wildman–Crippen MR) is 126 cm³/mol. The Morgan fingerprint density at radius 1 is 1.18 bits per heavy atom. The van der Waals surface area contributed by atoms with E-state index in [1.165, 1.54) is 0 Å². The van der Waals surface area contributed by atoms with Gasteiger partial charge in [0, 0.05) is 30.9 Å². The fraction of sp³-hybridized carbons (Fsp3) is 0.680. The molecule has 4 rings (SSSR count). The van der Waals surface area contributed by atoms with E-state index in [1.807, 2.05) is 24.3 Å². The van der Waals surface area contributed by atoms with E-state index in [1.54, 1.807) is 0 Å². The molecule has 5 atom stereocenters. The third-order valence-electron chi connectivity index (χ3n) is 8.72. The number of aliphatic hydroxyl groups is 2. The highest BCUT2D eigenvalue weighted by Gasteiger charge is 2.65. The molecule has 1 heterocycles. The number of fused-ring (bicyclic) bond motifs is 2. The molecule has 1 saturated heterocycles. The van der Waals surface area contributed by atoms with Gasteiger partial charge in [0.05, 0.1) is 25.9 Å². The lowest BCUT2D eigenvalue weighted by Gasteiger charge is -2.37. The number of morpholine rings is 1. The summed E-state index contributed by atoms with van der Waals surface area (Å²) >= 11 is 0. The molecule has 1 aromatic carbocycles. The lowest BCUT2D eigenvalue weighted by molar-refractivity contribution is -0.129. The van der Waals surface area contributed by atoms with Gasteiger partial charge in [0.2, 0.25) is 11.8 Å². The minimum atomic E-state index is -1.05. The van der Waals surface area contributed by atoms with Crippen LogP contribution in [-0.2, 0) is 14.3 Å². The van der Waals surface area contributed by atoms with E-state index >= 15 is 0 Å². The summed E-state index contributed by atoms with van der Waals surface area (Å²) < 4.78 is 5.37. The Balaban J connectivity index is 1.32. The molecule has 33 heavy (non-hydrogen) atoms. The van der Waals surface area contributed by atoms with Crippen molar-refractivity contribution in [3.63, 3.8) is 0 Å². The lowest BCUT2D eigenvalue weighted by Crippen LogP contribution is -2.47. The molecule has 0 aromatic heterocycles. The van der Waals surface area contributed by atoms with Crippen molar-refractivity contribution in [3.05, 3.63) is 24.3 Å². The quantitative estimate of drug-likeness (QED) is 0.495. The molecule has 2 bridgehead atoms. The second-order valence-electron chi connectivity index (χ2n) is 10.5. The van der Waals surface area contributed by atoms with Crippen LogP contribution >= 0.6 is 0 Å². The Kier molecular flexibility index (Phi) is 6.71. The summed E-state index contributed by atoms with van der Waals surface area (Å²) in [5, 5.41) is 26.1. The monoisotopic (exact) mass is 459 g/mol. The fourth-order valence-corrected chi connectivity index (χ4v) is 6.25. The molecule has 8 heteroatoms. The summed E-state index contributed by atoms with van der Waals surface area (Å²) in [4.78, 5) is 27.7. The molecule has 2 saturated carbocycles. The number of carbonyl (C=O) groups excluding carboxylic acids is 2. The number of aliphatic hydroxyl groups excluding tert-OH is 2. The maximum Gasteiger partial charge on any atom is 0.249 e. The minimum Gasteiger partial charge on any atom is -0.394 e. The molecule has 0 spiro atoms. The van der Waals surface area contributed by atoms with Gasteiger partial charge in [-0.25, -0.2) is 0 Å². The van der Waals surface area contributed by atoms with Crippen molar-refractivity contribution in [2.75, 3.05) is 43.1 Å². The Hall–Kier alpha value is -2.16. The highest BCUT2D eigenvalue weighted by molar-refractivity contribution is 5.97. The molecule has 1 aliphatic heterocycles. The van der Waals surface area contributed by atoms with E-state index in [0.29, 0.717) is 18.9 Å². The van der Waals surface area contributed by atoms with E-state index in [2.05, 4.69) is 36.3 Å². The average molecular weight is 460 g/mol. The summed E-state index contributed by atoms with van der Waals surface area (Å²) in [6.45, 7) is 9.04. The van der Waals surface area contributed by atoms with Crippen LogP contribution in [0.15, 0.2) is 24.3 Å². The van der Waals surface area contributed by atoms with Crippen molar-refractivity contribution in [1.29, 1.82) is 0 Å². The van der Waals surface area contributed by atoms with Crippen LogP contribution in [0.5, 0.6) is 0 Å². The molecule has 2 amide bonds. The number of rotatable bonds is 7. The maximum atomic E-state index is 12.8. The molecule has 2 aliphatic carbocycles. The second-order valence-corrected chi connectivity index (χ2v) is 10.5. The number of hydrogen-bond donors (Lipinski definition) is 4. The third kappa shape index (κ3) is 4.36. The Morgan fingerprint density at radius 2 is 1.85 bits per heavy atom. The summed E-state index contributed by atoms with van der Waals surface area (Å²) in [7, 11) is 0. The molecule has 0 radical (unpaired) electrons. The van der Waals surface area contributed by atoms with Crippen LogP contribution in [0.2, 0.25) is 0 Å². The molecule has 3 aliphatic rings. The van der Waals surface area contributed by atoms with Gasteiger partial charge < -0.3 is 30.5 Å². The van der Waals surface area contributed by atoms with Crippen LogP contribution in [-0.4, -0.2) is 67.1 Å². The van der Waals surface area contributed by atoms with Crippen LogP contribution in [0.4, 0.5) is 11.4 Å². The molecular weight excluding hydrogens is 422 g/mol. The van der Waals surface area contributed by atoms with Gasteiger partial charge in [-0.1, -0.05) is 20.8 Å². The lowest BCUT2D eigenvalue weighted by atomic mass is 9.70. The molecule has 3 fully saturated rings. The van der Waals surface area contributed by atoms with Crippen molar-refractivity contribution in [1.82, 2.24) is 5.32 Å². The van der Waals surface area contributed by atoms with Gasteiger partial charge in [-0.2, -0.15) is 0 Å². The van der Waals surface area contributed by atoms with Crippen LogP contribution in [0.3, 0.4) is 0 Å². The molecule has 4 unspecified atom stereocenters. The SMILES string of the molecule is CC1(C)C2CCC1(C)C(O)C2CC(=O)N[C@@H](CO)C(=O)Nc1ccc(N2CCOCC2)cc1. The van der Waals surface area contributed by atoms with Gasteiger partial charge in [-0.3, -0.25) is 9.59 Å². The average Bonchev–Trinajstić information content (AvgIpc) is 3.12. The maximum absolute atomic E-state index is 12.8. The Bertz CT molecular complexity index is 867. The van der Waals surface area contributed by atoms with Crippen LogP contribution in [0, 0.1) is 22.7 Å². The summed E-state index contributed by atoms with van der Waals surface area (Å²) in [5.41, 5.74) is 1.44. The minimum absolute atomic E-state index is 0.0293. The first-order chi connectivity index (χ1) is 15.7. The predicted octanol–water partition coefficient (Wildman–Crippen LogP) is 1.76. The zero-order chi connectivity index (χ0) is 23.8. The Morgan fingerprint density at radius 3 is 2.42 bits per heavy atom. The number of anilines is 2. The van der Waals surface area contributed by atoms with Gasteiger partial charge in [-0.05, 0) is 59.8 Å². The van der Waals surface area contributed by atoms with Crippen molar-refractivity contribution < 1.29 is 24.5 Å². The first kappa shape index (κ1) is 24.0. The van der Waals surface area contributed by atoms with E-state index in [0.717, 1.165) is 31.6 Å². The highest BCUT2D eigenvalue weighted by atomic mass is 16.5. The van der Waals surface area contributed by atoms with Gasteiger partial charge >= 0.3 is 0 Å². The number of benzene rings is 1. The van der Waals surface area contributed by atoms with Crippen molar-refractivity contribution in [3.8, 4) is 0 Å². The zero-order valence-corrected chi connectivity index (χ0v) is 19.8. The normalized spacial score (nSPS) is 31.3. The van der Waals surface area contributed by atoms with Gasteiger partial charge in [0.25, 0.3) is 0 Å². The fourth-order valence-electron chi connectivity index (χ4n) is 6.25. The summed E-state index contributed by atoms with van der Waals surface area (Å²) in [6.07, 6.45) is 1.59. The molecule has 4 N–H and O–H groups in total. The second kappa shape index (κ2) is 9.24. The van der Waals surface area contributed by atoms with Crippen LogP contribution < -0.4 is 15.5 Å². The number of ether oxygens (including phenoxy) is 1. The van der Waals surface area contributed by atoms with E-state index in [-0.39, 0.29) is 35.0 Å². The van der Waals surface area contributed by atoms with Crippen molar-refractivity contribution in [2.24, 2.45) is 22.7 Å². The largest absolute Gasteiger partial charge is 0.394 e. The number of amides is 2. The van der Waals surface area contributed by atoms with Gasteiger partial charge in [0.1, 0.15) is 6.04 Å². The number of nitrogens with one attached hydrogen (secondary N) is 2. The zero-order valence-electron chi connectivity index (χ0n) is 19.8. The summed E-state index contributed by atoms with van der Waals surface area (Å²) in [5.74, 6) is -0.642. The summed E-state index contributed by atoms with van der Waals surface area (Å²) in [6, 6.07) is 6.45. The van der Waals surface area contributed by atoms with Crippen molar-refractivity contribution >= 4 is 23.2 Å². The van der Waals surface area contributed by atoms with Crippen LogP contribution in [0.1, 0.15) is 40.0 Å².